The molecule has 17 heavy (non-hydrogen) atoms. The van der Waals surface area contributed by atoms with E-state index in [0.29, 0.717) is 10.6 Å². The number of halogens is 1. The highest BCUT2D eigenvalue weighted by Crippen LogP contribution is 2.27. The Hall–Kier alpha value is -0.900. The van der Waals surface area contributed by atoms with Gasteiger partial charge < -0.3 is 5.73 Å². The van der Waals surface area contributed by atoms with Crippen LogP contribution in [0.15, 0.2) is 23.1 Å². The Morgan fingerprint density at radius 2 is 1.82 bits per heavy atom. The van der Waals surface area contributed by atoms with Gasteiger partial charge in [-0.15, -0.1) is 0 Å². The van der Waals surface area contributed by atoms with E-state index in [-0.39, 0.29) is 11.1 Å². The van der Waals surface area contributed by atoms with E-state index in [9.17, 15) is 8.60 Å². The van der Waals surface area contributed by atoms with Gasteiger partial charge in [0.25, 0.3) is 0 Å². The lowest BCUT2D eigenvalue weighted by Crippen LogP contribution is -2.15. The molecule has 0 saturated heterocycles. The van der Waals surface area contributed by atoms with Crippen molar-refractivity contribution in [3.8, 4) is 0 Å². The quantitative estimate of drug-likeness (QED) is 0.651. The van der Waals surface area contributed by atoms with Crippen molar-refractivity contribution in [2.75, 3.05) is 5.73 Å². The molecule has 1 atom stereocenters. The minimum Gasteiger partial charge on any atom is -0.398 e. The van der Waals surface area contributed by atoms with Crippen LogP contribution in [0, 0.1) is 5.82 Å². The molecule has 0 spiro atoms. The number of benzene rings is 1. The van der Waals surface area contributed by atoms with Crippen molar-refractivity contribution in [3.05, 3.63) is 24.0 Å². The lowest BCUT2D eigenvalue weighted by Gasteiger charge is -2.15. The Bertz CT molecular complexity index is 414. The molecule has 0 radical (unpaired) electrons. The highest BCUT2D eigenvalue weighted by atomic mass is 32.2. The number of anilines is 1. The second-order valence-electron chi connectivity index (χ2n) is 4.59. The first-order chi connectivity index (χ1) is 8.18. The fourth-order valence-electron chi connectivity index (χ4n) is 2.34. The Balaban J connectivity index is 2.17. The van der Waals surface area contributed by atoms with Crippen molar-refractivity contribution in [1.82, 2.24) is 0 Å². The molecule has 0 aromatic heterocycles. The minimum atomic E-state index is -1.09. The van der Waals surface area contributed by atoms with Gasteiger partial charge in [0.2, 0.25) is 0 Å². The van der Waals surface area contributed by atoms with E-state index in [1.165, 1.54) is 25.0 Å². The predicted octanol–water partition coefficient (Wildman–Crippen LogP) is 3.24. The molecule has 0 heterocycles. The summed E-state index contributed by atoms with van der Waals surface area (Å²) in [6, 6.07) is 4.15. The van der Waals surface area contributed by atoms with Gasteiger partial charge in [-0.25, -0.2) is 4.39 Å². The first kappa shape index (κ1) is 12.6. The van der Waals surface area contributed by atoms with Gasteiger partial charge in [0.1, 0.15) is 5.82 Å². The molecule has 1 aromatic rings. The number of nitrogens with two attached hydrogens (primary N) is 1. The van der Waals surface area contributed by atoms with Gasteiger partial charge in [-0.1, -0.05) is 25.7 Å². The predicted molar refractivity (Wildman–Crippen MR) is 68.7 cm³/mol. The van der Waals surface area contributed by atoms with Crippen LogP contribution < -0.4 is 5.73 Å². The van der Waals surface area contributed by atoms with Crippen molar-refractivity contribution in [3.63, 3.8) is 0 Å². The molecule has 0 amide bonds. The van der Waals surface area contributed by atoms with E-state index >= 15 is 0 Å². The Kier molecular flexibility index (Phi) is 4.15. The summed E-state index contributed by atoms with van der Waals surface area (Å²) in [5.74, 6) is -0.371. The summed E-state index contributed by atoms with van der Waals surface area (Å²) in [7, 11) is -1.09. The van der Waals surface area contributed by atoms with E-state index in [4.69, 9.17) is 5.73 Å². The topological polar surface area (TPSA) is 43.1 Å². The molecule has 1 unspecified atom stereocenters. The summed E-state index contributed by atoms with van der Waals surface area (Å²) in [5, 5.41) is 0.185. The zero-order valence-electron chi connectivity index (χ0n) is 9.82. The van der Waals surface area contributed by atoms with Crippen molar-refractivity contribution in [1.29, 1.82) is 0 Å². The molecule has 2 rings (SSSR count). The van der Waals surface area contributed by atoms with E-state index in [2.05, 4.69) is 0 Å². The summed E-state index contributed by atoms with van der Waals surface area (Å²) < 4.78 is 25.3. The molecule has 1 fully saturated rings. The highest BCUT2D eigenvalue weighted by molar-refractivity contribution is 7.85. The molecular weight excluding hydrogens is 237 g/mol. The van der Waals surface area contributed by atoms with Gasteiger partial charge in [-0.3, -0.25) is 4.21 Å². The lowest BCUT2D eigenvalue weighted by molar-refractivity contribution is 0.625. The van der Waals surface area contributed by atoms with Crippen LogP contribution in [0.5, 0.6) is 0 Å². The summed E-state index contributed by atoms with van der Waals surface area (Å²) in [4.78, 5) is 0.596. The fourth-order valence-corrected chi connectivity index (χ4v) is 3.95. The standard InChI is InChI=1S/C13H18FNOS/c14-10-7-8-13(12(15)9-10)17(16)11-5-3-1-2-4-6-11/h7-9,11H,1-6,15H2. The molecule has 94 valence electrons. The van der Waals surface area contributed by atoms with E-state index < -0.39 is 10.8 Å². The molecule has 1 aliphatic carbocycles. The average Bonchev–Trinajstić information content (AvgIpc) is 2.56. The Labute approximate surface area is 104 Å². The van der Waals surface area contributed by atoms with Gasteiger partial charge in [0.15, 0.2) is 0 Å². The van der Waals surface area contributed by atoms with Crippen LogP contribution in [-0.4, -0.2) is 9.46 Å². The van der Waals surface area contributed by atoms with E-state index in [1.807, 2.05) is 0 Å². The van der Waals surface area contributed by atoms with Crippen molar-refractivity contribution in [2.24, 2.45) is 0 Å². The first-order valence-corrected chi connectivity index (χ1v) is 7.35. The number of hydrogen-bond acceptors (Lipinski definition) is 2. The summed E-state index contributed by atoms with van der Waals surface area (Å²) in [5.41, 5.74) is 6.05. The lowest BCUT2D eigenvalue weighted by atomic mass is 10.2. The van der Waals surface area contributed by atoms with Crippen LogP contribution in [-0.2, 0) is 10.8 Å². The van der Waals surface area contributed by atoms with Crippen molar-refractivity contribution < 1.29 is 8.60 Å². The molecule has 2 nitrogen and oxygen atoms in total. The highest BCUT2D eigenvalue weighted by Gasteiger charge is 2.21. The minimum absolute atomic E-state index is 0.185. The molecule has 0 bridgehead atoms. The molecule has 2 N–H and O–H groups in total. The largest absolute Gasteiger partial charge is 0.398 e. The monoisotopic (exact) mass is 255 g/mol. The maximum atomic E-state index is 12.9. The number of nitrogen functional groups attached to an aromatic ring is 1. The van der Waals surface area contributed by atoms with E-state index in [0.717, 1.165) is 25.7 Å². The summed E-state index contributed by atoms with van der Waals surface area (Å²) in [6.07, 6.45) is 6.71. The van der Waals surface area contributed by atoms with Gasteiger partial charge in [-0.2, -0.15) is 0 Å². The van der Waals surface area contributed by atoms with Crippen LogP contribution in [0.2, 0.25) is 0 Å². The van der Waals surface area contributed by atoms with Gasteiger partial charge in [0.05, 0.1) is 21.4 Å². The zero-order valence-corrected chi connectivity index (χ0v) is 10.6. The normalized spacial score (nSPS) is 19.8. The zero-order chi connectivity index (χ0) is 12.3. The van der Waals surface area contributed by atoms with Crippen LogP contribution >= 0.6 is 0 Å². The third-order valence-corrected chi connectivity index (χ3v) is 5.18. The third kappa shape index (κ3) is 3.06. The second kappa shape index (κ2) is 5.63. The molecule has 1 aliphatic rings. The SMILES string of the molecule is Nc1cc(F)ccc1S(=O)C1CCCCCC1. The van der Waals surface area contributed by atoms with Crippen LogP contribution in [0.4, 0.5) is 10.1 Å². The van der Waals surface area contributed by atoms with Crippen molar-refractivity contribution in [2.45, 2.75) is 48.7 Å². The van der Waals surface area contributed by atoms with Gasteiger partial charge in [0, 0.05) is 5.25 Å². The first-order valence-electron chi connectivity index (χ1n) is 6.14. The summed E-state index contributed by atoms with van der Waals surface area (Å²) in [6.45, 7) is 0. The van der Waals surface area contributed by atoms with Crippen LogP contribution in [0.3, 0.4) is 0 Å². The van der Waals surface area contributed by atoms with E-state index in [1.54, 1.807) is 6.07 Å². The Morgan fingerprint density at radius 1 is 1.18 bits per heavy atom. The molecule has 1 saturated carbocycles. The third-order valence-electron chi connectivity index (χ3n) is 3.29. The number of rotatable bonds is 2. The molecule has 4 heteroatoms. The molecular formula is C13H18FNOS. The van der Waals surface area contributed by atoms with Crippen molar-refractivity contribution >= 4 is 16.5 Å². The average molecular weight is 255 g/mol. The number of hydrogen-bond donors (Lipinski definition) is 1. The van der Waals surface area contributed by atoms with Gasteiger partial charge >= 0.3 is 0 Å². The molecule has 1 aromatic carbocycles. The Morgan fingerprint density at radius 3 is 2.41 bits per heavy atom. The fraction of sp³-hybridized carbons (Fsp3) is 0.538. The van der Waals surface area contributed by atoms with Crippen LogP contribution in [0.25, 0.3) is 0 Å². The smallest absolute Gasteiger partial charge is 0.125 e. The molecule has 0 aliphatic heterocycles. The maximum absolute atomic E-state index is 12.9. The van der Waals surface area contributed by atoms with Crippen LogP contribution in [0.1, 0.15) is 38.5 Å². The van der Waals surface area contributed by atoms with Gasteiger partial charge in [-0.05, 0) is 31.0 Å². The summed E-state index contributed by atoms with van der Waals surface area (Å²) >= 11 is 0. The maximum Gasteiger partial charge on any atom is 0.125 e. The second-order valence-corrected chi connectivity index (χ2v) is 6.29.